The molecule has 54 valence electrons. The molecule has 0 aromatic heterocycles. The Kier molecular flexibility index (Phi) is 3.01. The van der Waals surface area contributed by atoms with E-state index in [4.69, 9.17) is 5.73 Å². The van der Waals surface area contributed by atoms with Crippen LogP contribution in [-0.2, 0) is 0 Å². The van der Waals surface area contributed by atoms with Gasteiger partial charge >= 0.3 is 0 Å². The predicted molar refractivity (Wildman–Crippen MR) is 39.3 cm³/mol. The second kappa shape index (κ2) is 3.85. The van der Waals surface area contributed by atoms with Crippen molar-refractivity contribution in [1.82, 2.24) is 4.90 Å². The van der Waals surface area contributed by atoms with Gasteiger partial charge < -0.3 is 10.6 Å². The van der Waals surface area contributed by atoms with Crippen LogP contribution in [0.1, 0.15) is 19.3 Å². The molecule has 0 unspecified atom stereocenters. The van der Waals surface area contributed by atoms with Crippen molar-refractivity contribution in [3.05, 3.63) is 0 Å². The van der Waals surface area contributed by atoms with E-state index in [1.165, 1.54) is 38.9 Å². The van der Waals surface area contributed by atoms with Crippen LogP contribution in [0.25, 0.3) is 0 Å². The number of hydrogen-bond donors (Lipinski definition) is 1. The lowest BCUT2D eigenvalue weighted by molar-refractivity contribution is 0.513. The quantitative estimate of drug-likeness (QED) is 0.430. The predicted octanol–water partition coefficient (Wildman–Crippen LogP) is 0.431. The average molecular weight is 128 g/mol. The standard InChI is InChI=1S/C7H16N2/c8-4-2-1-3-5-9-6-7-9/h1-8H2. The highest BCUT2D eigenvalue weighted by Crippen LogP contribution is 2.05. The van der Waals surface area contributed by atoms with E-state index in [2.05, 4.69) is 4.90 Å². The van der Waals surface area contributed by atoms with Crippen molar-refractivity contribution < 1.29 is 0 Å². The third kappa shape index (κ3) is 3.49. The summed E-state index contributed by atoms with van der Waals surface area (Å²) in [5, 5.41) is 0. The molecule has 2 N–H and O–H groups in total. The van der Waals surface area contributed by atoms with E-state index in [1.807, 2.05) is 0 Å². The number of unbranched alkanes of at least 4 members (excludes halogenated alkanes) is 2. The maximum atomic E-state index is 5.35. The molecule has 2 heteroatoms. The summed E-state index contributed by atoms with van der Waals surface area (Å²) in [7, 11) is 0. The average Bonchev–Trinajstić information content (AvgIpc) is 2.63. The summed E-state index contributed by atoms with van der Waals surface area (Å²) in [6.07, 6.45) is 3.86. The second-order valence-corrected chi connectivity index (χ2v) is 2.69. The molecule has 2 nitrogen and oxygen atoms in total. The maximum absolute atomic E-state index is 5.35. The smallest absolute Gasteiger partial charge is 0.0110 e. The minimum Gasteiger partial charge on any atom is -0.330 e. The van der Waals surface area contributed by atoms with Gasteiger partial charge in [-0.15, -0.1) is 0 Å². The number of hydrogen-bond acceptors (Lipinski definition) is 2. The van der Waals surface area contributed by atoms with Gasteiger partial charge in [-0.2, -0.15) is 0 Å². The van der Waals surface area contributed by atoms with Gasteiger partial charge in [0.15, 0.2) is 0 Å². The molecular weight excluding hydrogens is 112 g/mol. The molecule has 1 heterocycles. The van der Waals surface area contributed by atoms with Crippen LogP contribution in [0.2, 0.25) is 0 Å². The van der Waals surface area contributed by atoms with E-state index in [0.717, 1.165) is 6.54 Å². The number of nitrogens with zero attached hydrogens (tertiary/aromatic N) is 1. The summed E-state index contributed by atoms with van der Waals surface area (Å²) >= 11 is 0. The number of nitrogens with two attached hydrogens (primary N) is 1. The van der Waals surface area contributed by atoms with Crippen molar-refractivity contribution in [3.8, 4) is 0 Å². The van der Waals surface area contributed by atoms with Gasteiger partial charge in [-0.3, -0.25) is 0 Å². The lowest BCUT2D eigenvalue weighted by Gasteiger charge is -1.98. The summed E-state index contributed by atoms with van der Waals surface area (Å²) < 4.78 is 0. The van der Waals surface area contributed by atoms with Gasteiger partial charge in [-0.1, -0.05) is 6.42 Å². The molecule has 0 amide bonds. The van der Waals surface area contributed by atoms with E-state index in [1.54, 1.807) is 0 Å². The Balaban J connectivity index is 1.71. The van der Waals surface area contributed by atoms with Crippen molar-refractivity contribution in [2.75, 3.05) is 26.2 Å². The highest BCUT2D eigenvalue weighted by Gasteiger charge is 2.14. The Morgan fingerprint density at radius 1 is 1.11 bits per heavy atom. The molecule has 0 aliphatic carbocycles. The molecule has 1 saturated heterocycles. The molecular formula is C7H16N2. The molecule has 1 fully saturated rings. The Morgan fingerprint density at radius 3 is 2.44 bits per heavy atom. The zero-order chi connectivity index (χ0) is 6.53. The molecule has 9 heavy (non-hydrogen) atoms. The van der Waals surface area contributed by atoms with Gasteiger partial charge in [-0.05, 0) is 25.9 Å². The largest absolute Gasteiger partial charge is 0.330 e. The minimum absolute atomic E-state index is 0.861. The van der Waals surface area contributed by atoms with Crippen LogP contribution in [0.5, 0.6) is 0 Å². The first kappa shape index (κ1) is 7.03. The fourth-order valence-electron chi connectivity index (χ4n) is 0.951. The normalized spacial score (nSPS) is 18.3. The summed E-state index contributed by atoms with van der Waals surface area (Å²) in [6, 6.07) is 0. The highest BCUT2D eigenvalue weighted by molar-refractivity contribution is 4.71. The molecule has 0 aromatic rings. The summed E-state index contributed by atoms with van der Waals surface area (Å²) in [6.45, 7) is 4.84. The van der Waals surface area contributed by atoms with Gasteiger partial charge in [0.1, 0.15) is 0 Å². The molecule has 0 spiro atoms. The van der Waals surface area contributed by atoms with E-state index >= 15 is 0 Å². The molecule has 1 rings (SSSR count). The van der Waals surface area contributed by atoms with E-state index in [0.29, 0.717) is 0 Å². The number of rotatable bonds is 5. The Bertz CT molecular complexity index is 69.3. The lowest BCUT2D eigenvalue weighted by Crippen LogP contribution is -2.02. The highest BCUT2D eigenvalue weighted by atomic mass is 15.2. The monoisotopic (exact) mass is 128 g/mol. The summed E-state index contributed by atoms with van der Waals surface area (Å²) in [5.74, 6) is 0. The van der Waals surface area contributed by atoms with Gasteiger partial charge in [0.2, 0.25) is 0 Å². The second-order valence-electron chi connectivity index (χ2n) is 2.69. The van der Waals surface area contributed by atoms with Crippen molar-refractivity contribution in [2.45, 2.75) is 19.3 Å². The first-order chi connectivity index (χ1) is 4.43. The summed E-state index contributed by atoms with van der Waals surface area (Å²) in [5.41, 5.74) is 5.35. The molecule has 0 atom stereocenters. The molecule has 0 saturated carbocycles. The van der Waals surface area contributed by atoms with Crippen molar-refractivity contribution >= 4 is 0 Å². The van der Waals surface area contributed by atoms with Gasteiger partial charge in [0.25, 0.3) is 0 Å². The molecule has 1 aliphatic heterocycles. The topological polar surface area (TPSA) is 29.0 Å². The Morgan fingerprint density at radius 2 is 1.89 bits per heavy atom. The maximum Gasteiger partial charge on any atom is 0.0110 e. The van der Waals surface area contributed by atoms with Gasteiger partial charge in [0, 0.05) is 13.1 Å². The van der Waals surface area contributed by atoms with Crippen LogP contribution in [0.15, 0.2) is 0 Å². The SMILES string of the molecule is NCCCCCN1CC1. The van der Waals surface area contributed by atoms with E-state index < -0.39 is 0 Å². The van der Waals surface area contributed by atoms with Crippen LogP contribution in [0.3, 0.4) is 0 Å². The van der Waals surface area contributed by atoms with Crippen LogP contribution >= 0.6 is 0 Å². The molecule has 0 aromatic carbocycles. The fraction of sp³-hybridized carbons (Fsp3) is 1.00. The van der Waals surface area contributed by atoms with Crippen molar-refractivity contribution in [3.63, 3.8) is 0 Å². The van der Waals surface area contributed by atoms with Gasteiger partial charge in [0.05, 0.1) is 0 Å². The van der Waals surface area contributed by atoms with Crippen LogP contribution in [-0.4, -0.2) is 31.1 Å². The van der Waals surface area contributed by atoms with Crippen molar-refractivity contribution in [1.29, 1.82) is 0 Å². The third-order valence-electron chi connectivity index (χ3n) is 1.72. The van der Waals surface area contributed by atoms with Crippen molar-refractivity contribution in [2.24, 2.45) is 5.73 Å². The van der Waals surface area contributed by atoms with Crippen LogP contribution in [0.4, 0.5) is 0 Å². The molecule has 1 aliphatic rings. The Hall–Kier alpha value is -0.0800. The first-order valence-electron chi connectivity index (χ1n) is 3.86. The molecule has 0 bridgehead atoms. The van der Waals surface area contributed by atoms with E-state index in [9.17, 15) is 0 Å². The zero-order valence-electron chi connectivity index (χ0n) is 5.97. The Labute approximate surface area is 57.0 Å². The third-order valence-corrected chi connectivity index (χ3v) is 1.72. The van der Waals surface area contributed by atoms with E-state index in [-0.39, 0.29) is 0 Å². The molecule has 0 radical (unpaired) electrons. The van der Waals surface area contributed by atoms with Crippen LogP contribution in [0, 0.1) is 0 Å². The summed E-state index contributed by atoms with van der Waals surface area (Å²) in [4.78, 5) is 2.45. The van der Waals surface area contributed by atoms with Gasteiger partial charge in [-0.25, -0.2) is 0 Å². The zero-order valence-corrected chi connectivity index (χ0v) is 5.97. The van der Waals surface area contributed by atoms with Crippen LogP contribution < -0.4 is 5.73 Å². The minimum atomic E-state index is 0.861. The first-order valence-corrected chi connectivity index (χ1v) is 3.86. The lowest BCUT2D eigenvalue weighted by atomic mass is 10.2. The fourth-order valence-corrected chi connectivity index (χ4v) is 0.951.